The number of carboxylic acids is 1. The van der Waals surface area contributed by atoms with Gasteiger partial charge in [-0.15, -0.1) is 6.58 Å². The number of aliphatic carboxylic acids is 1. The summed E-state index contributed by atoms with van der Waals surface area (Å²) in [5.41, 5.74) is 1.33. The van der Waals surface area contributed by atoms with Crippen LogP contribution in [-0.2, 0) is 4.79 Å². The Morgan fingerprint density at radius 1 is 1.35 bits per heavy atom. The van der Waals surface area contributed by atoms with Gasteiger partial charge in [0, 0.05) is 0 Å². The topological polar surface area (TPSA) is 92.2 Å². The molecule has 2 N–H and O–H groups in total. The van der Waals surface area contributed by atoms with Crippen LogP contribution in [0.15, 0.2) is 43.1 Å². The number of nitrogens with zero attached hydrogens (tertiary/aromatic N) is 2. The van der Waals surface area contributed by atoms with E-state index in [9.17, 15) is 9.59 Å². The van der Waals surface area contributed by atoms with Crippen LogP contribution in [-0.4, -0.2) is 33.0 Å². The van der Waals surface area contributed by atoms with E-state index in [2.05, 4.69) is 21.9 Å². The number of hydrogen-bond donors (Lipinski definition) is 2. The average molecular weight is 271 g/mol. The zero-order valence-electron chi connectivity index (χ0n) is 10.6. The van der Waals surface area contributed by atoms with Crippen molar-refractivity contribution in [3.05, 3.63) is 48.8 Å². The van der Waals surface area contributed by atoms with E-state index in [1.807, 2.05) is 6.07 Å². The zero-order valence-corrected chi connectivity index (χ0v) is 10.6. The van der Waals surface area contributed by atoms with E-state index in [-0.39, 0.29) is 12.1 Å². The number of para-hydroxylation sites is 2. The van der Waals surface area contributed by atoms with E-state index >= 15 is 0 Å². The third-order valence-corrected chi connectivity index (χ3v) is 2.69. The van der Waals surface area contributed by atoms with Crippen LogP contribution in [0.1, 0.15) is 16.9 Å². The molecule has 2 rings (SSSR count). The lowest BCUT2D eigenvalue weighted by Gasteiger charge is -2.12. The molecule has 1 heterocycles. The Morgan fingerprint density at radius 2 is 2.05 bits per heavy atom. The van der Waals surface area contributed by atoms with Crippen LogP contribution in [0.3, 0.4) is 0 Å². The number of hydrogen-bond acceptors (Lipinski definition) is 4. The maximum atomic E-state index is 12.0. The molecule has 1 aromatic carbocycles. The van der Waals surface area contributed by atoms with Crippen molar-refractivity contribution in [2.24, 2.45) is 0 Å². The fourth-order valence-electron chi connectivity index (χ4n) is 1.69. The summed E-state index contributed by atoms with van der Waals surface area (Å²) in [7, 11) is 0. The highest BCUT2D eigenvalue weighted by Crippen LogP contribution is 2.08. The van der Waals surface area contributed by atoms with Crippen molar-refractivity contribution >= 4 is 22.9 Å². The molecule has 1 aromatic heterocycles. The van der Waals surface area contributed by atoms with Gasteiger partial charge in [-0.05, 0) is 18.6 Å². The minimum atomic E-state index is -1.12. The number of fused-ring (bicyclic) bond motifs is 1. The van der Waals surface area contributed by atoms with Gasteiger partial charge in [0.2, 0.25) is 0 Å². The van der Waals surface area contributed by atoms with Crippen molar-refractivity contribution in [1.82, 2.24) is 15.3 Å². The Morgan fingerprint density at radius 3 is 2.70 bits per heavy atom. The molecule has 1 amide bonds. The van der Waals surface area contributed by atoms with Gasteiger partial charge < -0.3 is 10.4 Å². The van der Waals surface area contributed by atoms with Crippen molar-refractivity contribution in [1.29, 1.82) is 0 Å². The summed E-state index contributed by atoms with van der Waals surface area (Å²) in [6, 6.07) is 6.10. The number of aromatic nitrogens is 2. The van der Waals surface area contributed by atoms with Crippen molar-refractivity contribution in [3.8, 4) is 0 Å². The Labute approximate surface area is 115 Å². The first-order valence-corrected chi connectivity index (χ1v) is 5.98. The highest BCUT2D eigenvalue weighted by atomic mass is 16.4. The van der Waals surface area contributed by atoms with E-state index in [4.69, 9.17) is 5.11 Å². The summed E-state index contributed by atoms with van der Waals surface area (Å²) in [6.07, 6.45) is 2.90. The lowest BCUT2D eigenvalue weighted by atomic mass is 10.2. The smallest absolute Gasteiger partial charge is 0.326 e. The molecule has 0 spiro atoms. The maximum Gasteiger partial charge on any atom is 0.326 e. The summed E-state index contributed by atoms with van der Waals surface area (Å²) >= 11 is 0. The quantitative estimate of drug-likeness (QED) is 0.802. The highest BCUT2D eigenvalue weighted by Gasteiger charge is 2.20. The SMILES string of the molecule is C=CCC(NC(=O)c1cnc2ccccc2n1)C(=O)O. The minimum Gasteiger partial charge on any atom is -0.480 e. The first-order chi connectivity index (χ1) is 9.61. The van der Waals surface area contributed by atoms with E-state index in [0.29, 0.717) is 11.0 Å². The van der Waals surface area contributed by atoms with Crippen LogP contribution >= 0.6 is 0 Å². The summed E-state index contributed by atoms with van der Waals surface area (Å²) < 4.78 is 0. The monoisotopic (exact) mass is 271 g/mol. The van der Waals surface area contributed by atoms with Crippen LogP contribution in [0, 0.1) is 0 Å². The highest BCUT2D eigenvalue weighted by molar-refractivity contribution is 5.96. The van der Waals surface area contributed by atoms with Crippen LogP contribution in [0.25, 0.3) is 11.0 Å². The number of nitrogens with one attached hydrogen (secondary N) is 1. The molecule has 6 heteroatoms. The number of carboxylic acid groups (broad SMARTS) is 1. The molecule has 0 saturated heterocycles. The molecule has 0 bridgehead atoms. The normalized spacial score (nSPS) is 11.8. The molecule has 2 aromatic rings. The van der Waals surface area contributed by atoms with E-state index in [1.165, 1.54) is 12.3 Å². The third-order valence-electron chi connectivity index (χ3n) is 2.69. The Bertz CT molecular complexity index is 670. The van der Waals surface area contributed by atoms with Gasteiger partial charge in [-0.25, -0.2) is 9.78 Å². The molecule has 0 saturated carbocycles. The summed E-state index contributed by atoms with van der Waals surface area (Å²) in [5.74, 6) is -1.69. The fourth-order valence-corrected chi connectivity index (χ4v) is 1.69. The third kappa shape index (κ3) is 2.97. The van der Waals surface area contributed by atoms with Gasteiger partial charge in [-0.2, -0.15) is 0 Å². The second-order valence-electron chi connectivity index (χ2n) is 4.13. The molecular weight excluding hydrogens is 258 g/mol. The summed E-state index contributed by atoms with van der Waals surface area (Å²) in [6.45, 7) is 3.46. The number of benzene rings is 1. The molecule has 0 aliphatic heterocycles. The number of rotatable bonds is 5. The molecule has 6 nitrogen and oxygen atoms in total. The van der Waals surface area contributed by atoms with Crippen molar-refractivity contribution < 1.29 is 14.7 Å². The molecular formula is C14H13N3O3. The Hall–Kier alpha value is -2.76. The van der Waals surface area contributed by atoms with Crippen molar-refractivity contribution in [2.45, 2.75) is 12.5 Å². The largest absolute Gasteiger partial charge is 0.480 e. The lowest BCUT2D eigenvalue weighted by Crippen LogP contribution is -2.40. The predicted octanol–water partition coefficient (Wildman–Crippen LogP) is 1.39. The first kappa shape index (κ1) is 13.7. The molecule has 1 unspecified atom stereocenters. The van der Waals surface area contributed by atoms with Crippen LogP contribution < -0.4 is 5.32 Å². The number of carbonyl (C=O) groups is 2. The van der Waals surface area contributed by atoms with E-state index < -0.39 is 17.9 Å². The fraction of sp³-hybridized carbons (Fsp3) is 0.143. The Balaban J connectivity index is 2.22. The van der Waals surface area contributed by atoms with Crippen molar-refractivity contribution in [3.63, 3.8) is 0 Å². The molecule has 102 valence electrons. The maximum absolute atomic E-state index is 12.0. The van der Waals surface area contributed by atoms with Gasteiger partial charge in [-0.1, -0.05) is 18.2 Å². The van der Waals surface area contributed by atoms with Crippen LogP contribution in [0.2, 0.25) is 0 Å². The van der Waals surface area contributed by atoms with E-state index in [0.717, 1.165) is 0 Å². The molecule has 0 aliphatic carbocycles. The van der Waals surface area contributed by atoms with Crippen molar-refractivity contribution in [2.75, 3.05) is 0 Å². The van der Waals surface area contributed by atoms with Gasteiger partial charge >= 0.3 is 5.97 Å². The van der Waals surface area contributed by atoms with Crippen LogP contribution in [0.5, 0.6) is 0 Å². The predicted molar refractivity (Wildman–Crippen MR) is 73.2 cm³/mol. The van der Waals surface area contributed by atoms with Crippen LogP contribution in [0.4, 0.5) is 0 Å². The lowest BCUT2D eigenvalue weighted by molar-refractivity contribution is -0.139. The van der Waals surface area contributed by atoms with Gasteiger partial charge in [0.05, 0.1) is 17.2 Å². The van der Waals surface area contributed by atoms with Gasteiger partial charge in [0.15, 0.2) is 0 Å². The minimum absolute atomic E-state index is 0.0824. The zero-order chi connectivity index (χ0) is 14.5. The molecule has 20 heavy (non-hydrogen) atoms. The molecule has 0 fully saturated rings. The van der Waals surface area contributed by atoms with Gasteiger partial charge in [0.25, 0.3) is 5.91 Å². The average Bonchev–Trinajstić information content (AvgIpc) is 2.46. The first-order valence-electron chi connectivity index (χ1n) is 5.98. The van der Waals surface area contributed by atoms with Gasteiger partial charge in [-0.3, -0.25) is 9.78 Å². The second kappa shape index (κ2) is 5.92. The number of carbonyl (C=O) groups excluding carboxylic acids is 1. The molecule has 1 atom stereocenters. The summed E-state index contributed by atoms with van der Waals surface area (Å²) in [5, 5.41) is 11.4. The van der Waals surface area contributed by atoms with E-state index in [1.54, 1.807) is 18.2 Å². The molecule has 0 aliphatic rings. The van der Waals surface area contributed by atoms with Gasteiger partial charge in [0.1, 0.15) is 11.7 Å². The number of amides is 1. The molecule has 0 radical (unpaired) electrons. The Kier molecular flexibility index (Phi) is 4.05. The second-order valence-corrected chi connectivity index (χ2v) is 4.13. The standard InChI is InChI=1S/C14H13N3O3/c1-2-5-11(14(19)20)17-13(18)12-8-15-9-6-3-4-7-10(9)16-12/h2-4,6-8,11H,1,5H2,(H,17,18)(H,19,20). The summed E-state index contributed by atoms with van der Waals surface area (Å²) in [4.78, 5) is 31.2.